The van der Waals surface area contributed by atoms with Crippen LogP contribution in [0.5, 0.6) is 0 Å². The average Bonchev–Trinajstić information content (AvgIpc) is 2.58. The summed E-state index contributed by atoms with van der Waals surface area (Å²) in [5.41, 5.74) is 2.41. The number of rotatable bonds is 4. The maximum Gasteiger partial charge on any atom is 0.315 e. The number of urea groups is 1. The smallest absolute Gasteiger partial charge is 0.315 e. The summed E-state index contributed by atoms with van der Waals surface area (Å²) in [7, 11) is 0. The molecule has 2 amide bonds. The van der Waals surface area contributed by atoms with Gasteiger partial charge in [0.1, 0.15) is 0 Å². The van der Waals surface area contributed by atoms with Gasteiger partial charge in [0.15, 0.2) is 5.78 Å². The number of hydrogen-bond donors (Lipinski definition) is 2. The van der Waals surface area contributed by atoms with Crippen molar-refractivity contribution in [2.75, 3.05) is 6.54 Å². The van der Waals surface area contributed by atoms with E-state index >= 15 is 0 Å². The molecule has 0 unspecified atom stereocenters. The van der Waals surface area contributed by atoms with Gasteiger partial charge < -0.3 is 10.6 Å². The minimum absolute atomic E-state index is 0.0218. The number of nitrogens with one attached hydrogen (secondary N) is 2. The van der Waals surface area contributed by atoms with Crippen molar-refractivity contribution in [2.45, 2.75) is 13.5 Å². The van der Waals surface area contributed by atoms with Crippen LogP contribution < -0.4 is 10.6 Å². The third-order valence-electron chi connectivity index (χ3n) is 3.23. The summed E-state index contributed by atoms with van der Waals surface area (Å²) in [6, 6.07) is 14.0. The SMILES string of the molecule is CC(=O)c1ccc(C#CCNC(=O)NCc2ccc(Cl)cc2)cc1. The van der Waals surface area contributed by atoms with Crippen molar-refractivity contribution in [1.29, 1.82) is 0 Å². The molecule has 2 aromatic carbocycles. The van der Waals surface area contributed by atoms with Gasteiger partial charge in [0, 0.05) is 22.7 Å². The Hall–Kier alpha value is -2.77. The lowest BCUT2D eigenvalue weighted by atomic mass is 10.1. The maximum absolute atomic E-state index is 11.7. The number of Topliss-reactive ketones (excluding diaryl/α,β-unsaturated/α-hetero) is 1. The Morgan fingerprint density at radius 3 is 2.29 bits per heavy atom. The molecule has 0 aliphatic carbocycles. The molecule has 0 spiro atoms. The molecule has 2 rings (SSSR count). The monoisotopic (exact) mass is 340 g/mol. The molecule has 0 aliphatic rings. The number of halogens is 1. The maximum atomic E-state index is 11.7. The minimum atomic E-state index is -0.286. The molecule has 5 heteroatoms. The summed E-state index contributed by atoms with van der Waals surface area (Å²) in [5.74, 6) is 5.81. The van der Waals surface area contributed by atoms with Gasteiger partial charge in [-0.25, -0.2) is 4.79 Å². The van der Waals surface area contributed by atoms with E-state index in [2.05, 4.69) is 22.5 Å². The number of hydrogen-bond acceptors (Lipinski definition) is 2. The second-order valence-electron chi connectivity index (χ2n) is 5.10. The van der Waals surface area contributed by atoms with Crippen LogP contribution in [0.1, 0.15) is 28.4 Å². The molecule has 0 saturated carbocycles. The number of carbonyl (C=O) groups is 2. The van der Waals surface area contributed by atoms with Crippen LogP contribution in [0.3, 0.4) is 0 Å². The summed E-state index contributed by atoms with van der Waals surface area (Å²) in [6.45, 7) is 2.18. The van der Waals surface area contributed by atoms with Crippen LogP contribution in [-0.2, 0) is 6.54 Å². The normalized spacial score (nSPS) is 9.58. The molecule has 24 heavy (non-hydrogen) atoms. The zero-order valence-electron chi connectivity index (χ0n) is 13.2. The Labute approximate surface area is 146 Å². The molecule has 0 saturated heterocycles. The van der Waals surface area contributed by atoms with Gasteiger partial charge in [0.2, 0.25) is 0 Å². The summed E-state index contributed by atoms with van der Waals surface area (Å²) in [5, 5.41) is 6.06. The molecule has 0 radical (unpaired) electrons. The van der Waals surface area contributed by atoms with Crippen molar-refractivity contribution in [1.82, 2.24) is 10.6 Å². The minimum Gasteiger partial charge on any atom is -0.334 e. The van der Waals surface area contributed by atoms with Gasteiger partial charge in [-0.05, 0) is 36.8 Å². The van der Waals surface area contributed by atoms with Crippen LogP contribution in [0, 0.1) is 11.8 Å². The second-order valence-corrected chi connectivity index (χ2v) is 5.53. The Morgan fingerprint density at radius 1 is 1.00 bits per heavy atom. The Morgan fingerprint density at radius 2 is 1.67 bits per heavy atom. The number of carbonyl (C=O) groups excluding carboxylic acids is 2. The molecule has 2 N–H and O–H groups in total. The standard InChI is InChI=1S/C19H17ClN2O2/c1-14(23)17-8-4-15(5-9-17)3-2-12-21-19(24)22-13-16-6-10-18(20)11-7-16/h4-11H,12-13H2,1H3,(H2,21,22,24). The van der Waals surface area contributed by atoms with Crippen molar-refractivity contribution in [3.8, 4) is 11.8 Å². The zero-order valence-corrected chi connectivity index (χ0v) is 14.0. The Kier molecular flexibility index (Phi) is 6.41. The highest BCUT2D eigenvalue weighted by atomic mass is 35.5. The van der Waals surface area contributed by atoms with E-state index in [1.807, 2.05) is 12.1 Å². The second kappa shape index (κ2) is 8.76. The third kappa shape index (κ3) is 5.79. The van der Waals surface area contributed by atoms with Crippen LogP contribution >= 0.6 is 11.6 Å². The largest absolute Gasteiger partial charge is 0.334 e. The van der Waals surface area contributed by atoms with Gasteiger partial charge in [0.05, 0.1) is 6.54 Å². The van der Waals surface area contributed by atoms with Crippen LogP contribution in [0.25, 0.3) is 0 Å². The molecule has 2 aromatic rings. The molecule has 4 nitrogen and oxygen atoms in total. The van der Waals surface area contributed by atoms with Gasteiger partial charge in [-0.3, -0.25) is 4.79 Å². The van der Waals surface area contributed by atoms with E-state index in [0.717, 1.165) is 11.1 Å². The first-order chi connectivity index (χ1) is 11.5. The summed E-state index contributed by atoms with van der Waals surface area (Å²) >= 11 is 5.80. The van der Waals surface area contributed by atoms with Gasteiger partial charge in [-0.15, -0.1) is 0 Å². The molecule has 0 heterocycles. The first-order valence-electron chi connectivity index (χ1n) is 7.40. The van der Waals surface area contributed by atoms with E-state index < -0.39 is 0 Å². The fraction of sp³-hybridized carbons (Fsp3) is 0.158. The molecular weight excluding hydrogens is 324 g/mol. The fourth-order valence-corrected chi connectivity index (χ4v) is 2.03. The topological polar surface area (TPSA) is 58.2 Å². The highest BCUT2D eigenvalue weighted by Crippen LogP contribution is 2.09. The highest BCUT2D eigenvalue weighted by Gasteiger charge is 1.99. The van der Waals surface area contributed by atoms with Gasteiger partial charge in [-0.1, -0.05) is 47.7 Å². The quantitative estimate of drug-likeness (QED) is 0.662. The number of amides is 2. The van der Waals surface area contributed by atoms with Gasteiger partial charge >= 0.3 is 6.03 Å². The van der Waals surface area contributed by atoms with Crippen LogP contribution in [0.2, 0.25) is 5.02 Å². The first kappa shape index (κ1) is 17.6. The molecule has 0 aromatic heterocycles. The lowest BCUT2D eigenvalue weighted by Crippen LogP contribution is -2.35. The lowest BCUT2D eigenvalue weighted by Gasteiger charge is -2.05. The molecule has 0 atom stereocenters. The Balaban J connectivity index is 1.74. The molecular formula is C19H17ClN2O2. The molecule has 0 aliphatic heterocycles. The molecule has 0 fully saturated rings. The van der Waals surface area contributed by atoms with Crippen molar-refractivity contribution >= 4 is 23.4 Å². The van der Waals surface area contributed by atoms with E-state index in [0.29, 0.717) is 17.1 Å². The third-order valence-corrected chi connectivity index (χ3v) is 3.48. The van der Waals surface area contributed by atoms with Crippen molar-refractivity contribution in [3.05, 3.63) is 70.2 Å². The number of benzene rings is 2. The van der Waals surface area contributed by atoms with Crippen molar-refractivity contribution in [2.24, 2.45) is 0 Å². The van der Waals surface area contributed by atoms with E-state index in [1.165, 1.54) is 6.92 Å². The van der Waals surface area contributed by atoms with Crippen molar-refractivity contribution in [3.63, 3.8) is 0 Å². The van der Waals surface area contributed by atoms with Crippen LogP contribution in [-0.4, -0.2) is 18.4 Å². The molecule has 0 bridgehead atoms. The van der Waals surface area contributed by atoms with Gasteiger partial charge in [-0.2, -0.15) is 0 Å². The van der Waals surface area contributed by atoms with Crippen LogP contribution in [0.15, 0.2) is 48.5 Å². The fourth-order valence-electron chi connectivity index (χ4n) is 1.91. The summed E-state index contributed by atoms with van der Waals surface area (Å²) < 4.78 is 0. The van der Waals surface area contributed by atoms with Gasteiger partial charge in [0.25, 0.3) is 0 Å². The predicted molar refractivity (Wildman–Crippen MR) is 95.0 cm³/mol. The number of ketones is 1. The van der Waals surface area contributed by atoms with E-state index in [4.69, 9.17) is 11.6 Å². The zero-order chi connectivity index (χ0) is 17.4. The van der Waals surface area contributed by atoms with E-state index in [-0.39, 0.29) is 18.4 Å². The summed E-state index contributed by atoms with van der Waals surface area (Å²) in [4.78, 5) is 22.8. The van der Waals surface area contributed by atoms with E-state index in [1.54, 1.807) is 36.4 Å². The first-order valence-corrected chi connectivity index (χ1v) is 7.78. The van der Waals surface area contributed by atoms with Crippen LogP contribution in [0.4, 0.5) is 4.79 Å². The predicted octanol–water partition coefficient (Wildman–Crippen LogP) is 3.39. The highest BCUT2D eigenvalue weighted by molar-refractivity contribution is 6.30. The van der Waals surface area contributed by atoms with Crippen molar-refractivity contribution < 1.29 is 9.59 Å². The molecule has 122 valence electrons. The average molecular weight is 341 g/mol. The van der Waals surface area contributed by atoms with E-state index in [9.17, 15) is 9.59 Å². The Bertz CT molecular complexity index is 772. The summed E-state index contributed by atoms with van der Waals surface area (Å²) in [6.07, 6.45) is 0. The lowest BCUT2D eigenvalue weighted by molar-refractivity contribution is 0.101.